The average molecular weight is 485 g/mol. The molecule has 0 bridgehead atoms. The molecule has 1 aliphatic heterocycles. The van der Waals surface area contributed by atoms with Crippen molar-refractivity contribution in [3.8, 4) is 17.5 Å². The van der Waals surface area contributed by atoms with Crippen molar-refractivity contribution < 1.29 is 23.4 Å². The first-order chi connectivity index (χ1) is 16.7. The Morgan fingerprint density at radius 1 is 1.40 bits per heavy atom. The summed E-state index contributed by atoms with van der Waals surface area (Å²) >= 11 is 0. The molecule has 3 aromatic heterocycles. The number of hydrogen-bond donors (Lipinski definition) is 3. The van der Waals surface area contributed by atoms with E-state index in [1.54, 1.807) is 28.8 Å². The zero-order chi connectivity index (χ0) is 25.2. The van der Waals surface area contributed by atoms with Gasteiger partial charge in [0.2, 0.25) is 0 Å². The number of nitrogens with zero attached hydrogens (tertiary/aromatic N) is 4. The molecule has 0 radical (unpaired) electrons. The number of amides is 1. The van der Waals surface area contributed by atoms with E-state index < -0.39 is 36.4 Å². The molecule has 1 saturated heterocycles. The van der Waals surface area contributed by atoms with E-state index in [1.807, 2.05) is 6.07 Å². The number of nitrogens with one attached hydrogen (secondary N) is 2. The minimum atomic E-state index is -1.68. The zero-order valence-electron chi connectivity index (χ0n) is 19.3. The Morgan fingerprint density at radius 2 is 2.20 bits per heavy atom. The van der Waals surface area contributed by atoms with Gasteiger partial charge in [-0.1, -0.05) is 0 Å². The standard InChI is InChI=1S/C24H26F2N6O3/c1-24(2,34)22(26)12-29-23(33)16-11-28-20(8-19(16)31-18-5-6-35-13-17(18)25)21-4-3-15-7-14(9-27)10-30-32(15)21/h3-4,7-8,10-11,17-18,22,34H,5-6,12-13H2,1-2H3,(H,28,31)(H,29,33)/t17-,18+,22?/m0/s1. The first kappa shape index (κ1) is 24.5. The summed E-state index contributed by atoms with van der Waals surface area (Å²) in [7, 11) is 0. The van der Waals surface area contributed by atoms with Crippen LogP contribution in [-0.2, 0) is 4.74 Å². The van der Waals surface area contributed by atoms with Crippen LogP contribution in [0.2, 0.25) is 0 Å². The second-order valence-corrected chi connectivity index (χ2v) is 8.99. The molecule has 0 aliphatic carbocycles. The maximum Gasteiger partial charge on any atom is 0.255 e. The summed E-state index contributed by atoms with van der Waals surface area (Å²) in [6.45, 7) is 2.55. The monoisotopic (exact) mass is 484 g/mol. The van der Waals surface area contributed by atoms with Crippen molar-refractivity contribution in [3.05, 3.63) is 47.8 Å². The van der Waals surface area contributed by atoms with Crippen molar-refractivity contribution in [1.82, 2.24) is 19.9 Å². The lowest BCUT2D eigenvalue weighted by atomic mass is 10.0. The molecule has 4 heterocycles. The highest BCUT2D eigenvalue weighted by atomic mass is 19.1. The summed E-state index contributed by atoms with van der Waals surface area (Å²) in [6, 6.07) is 8.31. The van der Waals surface area contributed by atoms with Crippen molar-refractivity contribution in [2.45, 2.75) is 44.3 Å². The third kappa shape index (κ3) is 5.39. The number of ether oxygens (including phenoxy) is 1. The van der Waals surface area contributed by atoms with E-state index in [-0.39, 0.29) is 12.2 Å². The van der Waals surface area contributed by atoms with Crippen molar-refractivity contribution >= 4 is 17.1 Å². The van der Waals surface area contributed by atoms with Crippen molar-refractivity contribution in [1.29, 1.82) is 5.26 Å². The van der Waals surface area contributed by atoms with E-state index >= 15 is 0 Å². The Bertz CT molecular complexity index is 1270. The molecule has 184 valence electrons. The van der Waals surface area contributed by atoms with Crippen LogP contribution in [0.25, 0.3) is 16.9 Å². The van der Waals surface area contributed by atoms with Gasteiger partial charge in [0, 0.05) is 12.8 Å². The number of rotatable bonds is 7. The smallest absolute Gasteiger partial charge is 0.255 e. The summed E-state index contributed by atoms with van der Waals surface area (Å²) in [5, 5.41) is 28.8. The first-order valence-electron chi connectivity index (χ1n) is 11.2. The molecule has 0 spiro atoms. The Kier molecular flexibility index (Phi) is 6.95. The van der Waals surface area contributed by atoms with Crippen LogP contribution in [0, 0.1) is 11.3 Å². The van der Waals surface area contributed by atoms with E-state index in [0.717, 1.165) is 0 Å². The normalized spacial score (nSPS) is 19.2. The fourth-order valence-electron chi connectivity index (χ4n) is 3.74. The highest BCUT2D eigenvalue weighted by Gasteiger charge is 2.29. The number of nitriles is 1. The van der Waals surface area contributed by atoms with Crippen LogP contribution >= 0.6 is 0 Å². The average Bonchev–Trinajstić information content (AvgIpc) is 3.26. The van der Waals surface area contributed by atoms with Gasteiger partial charge in [-0.2, -0.15) is 10.4 Å². The molecule has 11 heteroatoms. The first-order valence-corrected chi connectivity index (χ1v) is 11.2. The molecule has 4 rings (SSSR count). The lowest BCUT2D eigenvalue weighted by Crippen LogP contribution is -2.42. The van der Waals surface area contributed by atoms with Crippen LogP contribution in [0.5, 0.6) is 0 Å². The SMILES string of the molecule is CC(C)(O)C(F)CNC(=O)c1cnc(-c2ccc3cc(C#N)cnn23)cc1N[C@@H]1CCOC[C@@H]1F. The van der Waals surface area contributed by atoms with E-state index in [4.69, 9.17) is 10.00 Å². The number of halogens is 2. The van der Waals surface area contributed by atoms with Crippen LogP contribution in [0.15, 0.2) is 36.7 Å². The van der Waals surface area contributed by atoms with Crippen molar-refractivity contribution in [2.24, 2.45) is 0 Å². The number of hydrogen-bond acceptors (Lipinski definition) is 7. The van der Waals surface area contributed by atoms with Gasteiger partial charge in [-0.15, -0.1) is 0 Å². The summed E-state index contributed by atoms with van der Waals surface area (Å²) in [5.74, 6) is -0.613. The summed E-state index contributed by atoms with van der Waals surface area (Å²) < 4.78 is 35.4. The number of carbonyl (C=O) groups is 1. The minimum absolute atomic E-state index is 0.0548. The lowest BCUT2D eigenvalue weighted by Gasteiger charge is -2.28. The number of pyridine rings is 1. The number of anilines is 1. The number of aliphatic hydroxyl groups is 1. The zero-order valence-corrected chi connectivity index (χ0v) is 19.3. The van der Waals surface area contributed by atoms with Crippen LogP contribution in [0.3, 0.4) is 0 Å². The van der Waals surface area contributed by atoms with E-state index in [2.05, 4.69) is 20.7 Å². The summed E-state index contributed by atoms with van der Waals surface area (Å²) in [4.78, 5) is 17.3. The number of alkyl halides is 2. The Balaban J connectivity index is 1.67. The second kappa shape index (κ2) is 9.93. The van der Waals surface area contributed by atoms with Gasteiger partial charge in [0.05, 0.1) is 64.7 Å². The van der Waals surface area contributed by atoms with E-state index in [0.29, 0.717) is 41.2 Å². The molecule has 1 fully saturated rings. The molecule has 0 aromatic carbocycles. The molecule has 3 atom stereocenters. The predicted molar refractivity (Wildman–Crippen MR) is 124 cm³/mol. The Labute approximate surface area is 200 Å². The van der Waals surface area contributed by atoms with Gasteiger partial charge in [0.15, 0.2) is 0 Å². The summed E-state index contributed by atoms with van der Waals surface area (Å²) in [5.41, 5.74) is 0.980. The van der Waals surface area contributed by atoms with Crippen molar-refractivity contribution in [2.75, 3.05) is 25.1 Å². The van der Waals surface area contributed by atoms with Crippen molar-refractivity contribution in [3.63, 3.8) is 0 Å². The van der Waals surface area contributed by atoms with Gasteiger partial charge in [0.25, 0.3) is 5.91 Å². The quantitative estimate of drug-likeness (QED) is 0.471. The minimum Gasteiger partial charge on any atom is -0.387 e. The fraction of sp³-hybridized carbons (Fsp3) is 0.417. The highest BCUT2D eigenvalue weighted by Crippen LogP contribution is 2.27. The number of aromatic nitrogens is 3. The largest absolute Gasteiger partial charge is 0.387 e. The van der Waals surface area contributed by atoms with Crippen LogP contribution in [0.1, 0.15) is 36.2 Å². The predicted octanol–water partition coefficient (Wildman–Crippen LogP) is 2.65. The van der Waals surface area contributed by atoms with Gasteiger partial charge in [-0.3, -0.25) is 9.78 Å². The van der Waals surface area contributed by atoms with Crippen LogP contribution < -0.4 is 10.6 Å². The third-order valence-electron chi connectivity index (χ3n) is 5.88. The van der Waals surface area contributed by atoms with Gasteiger partial charge >= 0.3 is 0 Å². The van der Waals surface area contributed by atoms with Gasteiger partial charge in [0.1, 0.15) is 18.4 Å². The Hall–Kier alpha value is -3.62. The number of carbonyl (C=O) groups excluding carboxylic acids is 1. The molecule has 35 heavy (non-hydrogen) atoms. The molecule has 1 aliphatic rings. The third-order valence-corrected chi connectivity index (χ3v) is 5.88. The maximum atomic E-state index is 14.5. The van der Waals surface area contributed by atoms with Gasteiger partial charge < -0.3 is 20.5 Å². The number of fused-ring (bicyclic) bond motifs is 1. The molecule has 9 nitrogen and oxygen atoms in total. The molecule has 3 aromatic rings. The highest BCUT2D eigenvalue weighted by molar-refractivity contribution is 6.00. The summed E-state index contributed by atoms with van der Waals surface area (Å²) in [6.07, 6.45) is 0.208. The maximum absolute atomic E-state index is 14.5. The van der Waals surface area contributed by atoms with Crippen LogP contribution in [0.4, 0.5) is 14.5 Å². The lowest BCUT2D eigenvalue weighted by molar-refractivity contribution is -0.00177. The van der Waals surface area contributed by atoms with Gasteiger partial charge in [-0.25, -0.2) is 13.3 Å². The van der Waals surface area contributed by atoms with E-state index in [1.165, 1.54) is 26.2 Å². The molecule has 0 saturated carbocycles. The van der Waals surface area contributed by atoms with Gasteiger partial charge in [-0.05, 0) is 44.5 Å². The van der Waals surface area contributed by atoms with E-state index in [9.17, 15) is 18.7 Å². The Morgan fingerprint density at radius 3 is 2.91 bits per heavy atom. The fourth-order valence-corrected chi connectivity index (χ4v) is 3.74. The second-order valence-electron chi connectivity index (χ2n) is 8.99. The molecule has 1 unspecified atom stereocenters. The molecule has 1 amide bonds. The topological polar surface area (TPSA) is 125 Å². The molecular formula is C24H26F2N6O3. The molecular weight excluding hydrogens is 458 g/mol. The van der Waals surface area contributed by atoms with Crippen LogP contribution in [-0.4, -0.2) is 69.4 Å². The molecule has 3 N–H and O–H groups in total.